The first-order valence-corrected chi connectivity index (χ1v) is 10.1. The number of carbonyl (C=O) groups excluding carboxylic acids is 2. The molecule has 1 aromatic heterocycles. The Morgan fingerprint density at radius 1 is 1.25 bits per heavy atom. The van der Waals surface area contributed by atoms with E-state index in [4.69, 9.17) is 9.47 Å². The topological polar surface area (TPSA) is 84.0 Å². The zero-order valence-electron chi connectivity index (χ0n) is 15.4. The van der Waals surface area contributed by atoms with Crippen molar-refractivity contribution in [3.8, 4) is 5.75 Å². The molecule has 1 fully saturated rings. The quantitative estimate of drug-likeness (QED) is 0.792. The molecule has 0 bridgehead atoms. The molecule has 9 heteroatoms. The number of benzene rings is 1. The molecule has 1 N–H and O–H groups in total. The average molecular weight is 402 g/mol. The van der Waals surface area contributed by atoms with Crippen LogP contribution in [0.15, 0.2) is 29.6 Å². The molecule has 0 spiro atoms. The lowest BCUT2D eigenvalue weighted by atomic mass is 10.2. The van der Waals surface area contributed by atoms with Gasteiger partial charge in [0.15, 0.2) is 11.7 Å². The molecule has 28 heavy (non-hydrogen) atoms. The molecule has 2 amide bonds. The first-order chi connectivity index (χ1) is 13.7. The van der Waals surface area contributed by atoms with E-state index in [0.717, 1.165) is 38.5 Å². The SMILES string of the molecule is O=C(CCN1C(=O)COc2ccccc21)Nc1nc(CN2CCOCC2)cs1. The first-order valence-electron chi connectivity index (χ1n) is 9.25. The van der Waals surface area contributed by atoms with Crippen LogP contribution in [0.1, 0.15) is 12.1 Å². The summed E-state index contributed by atoms with van der Waals surface area (Å²) in [6.07, 6.45) is 0.193. The fourth-order valence-corrected chi connectivity index (χ4v) is 3.94. The summed E-state index contributed by atoms with van der Waals surface area (Å²) in [6.45, 7) is 4.35. The van der Waals surface area contributed by atoms with E-state index < -0.39 is 0 Å². The van der Waals surface area contributed by atoms with Gasteiger partial charge in [-0.05, 0) is 12.1 Å². The molecule has 2 aliphatic rings. The summed E-state index contributed by atoms with van der Waals surface area (Å²) in [5.74, 6) is 0.354. The number of anilines is 2. The Bertz CT molecular complexity index is 850. The predicted molar refractivity (Wildman–Crippen MR) is 106 cm³/mol. The smallest absolute Gasteiger partial charge is 0.265 e. The van der Waals surface area contributed by atoms with Crippen molar-refractivity contribution in [3.63, 3.8) is 0 Å². The normalized spacial score (nSPS) is 17.1. The van der Waals surface area contributed by atoms with Gasteiger partial charge in [-0.2, -0.15) is 0 Å². The molecule has 2 aliphatic heterocycles. The number of aromatic nitrogens is 1. The van der Waals surface area contributed by atoms with E-state index in [1.165, 1.54) is 11.3 Å². The second kappa shape index (κ2) is 8.68. The number of amides is 2. The van der Waals surface area contributed by atoms with E-state index >= 15 is 0 Å². The van der Waals surface area contributed by atoms with Crippen LogP contribution in [-0.4, -0.2) is 61.2 Å². The summed E-state index contributed by atoms with van der Waals surface area (Å²) >= 11 is 1.42. The summed E-state index contributed by atoms with van der Waals surface area (Å²) in [6, 6.07) is 7.35. The third-order valence-electron chi connectivity index (χ3n) is 4.66. The van der Waals surface area contributed by atoms with Gasteiger partial charge in [0.1, 0.15) is 5.75 Å². The molecule has 3 heterocycles. The Balaban J connectivity index is 1.30. The minimum atomic E-state index is -0.163. The number of nitrogens with zero attached hydrogens (tertiary/aromatic N) is 3. The number of morpholine rings is 1. The van der Waals surface area contributed by atoms with Gasteiger partial charge in [0, 0.05) is 38.0 Å². The van der Waals surface area contributed by atoms with Gasteiger partial charge in [-0.3, -0.25) is 14.5 Å². The van der Waals surface area contributed by atoms with Gasteiger partial charge in [-0.1, -0.05) is 12.1 Å². The third-order valence-corrected chi connectivity index (χ3v) is 5.46. The molecule has 0 atom stereocenters. The lowest BCUT2D eigenvalue weighted by Gasteiger charge is -2.29. The van der Waals surface area contributed by atoms with Gasteiger partial charge in [-0.15, -0.1) is 11.3 Å². The van der Waals surface area contributed by atoms with E-state index in [0.29, 0.717) is 23.1 Å². The van der Waals surface area contributed by atoms with Crippen molar-refractivity contribution < 1.29 is 19.1 Å². The van der Waals surface area contributed by atoms with Crippen molar-refractivity contribution in [1.29, 1.82) is 0 Å². The van der Waals surface area contributed by atoms with Gasteiger partial charge in [0.2, 0.25) is 5.91 Å². The van der Waals surface area contributed by atoms with E-state index in [-0.39, 0.29) is 24.8 Å². The molecule has 1 aromatic carbocycles. The average Bonchev–Trinajstić information content (AvgIpc) is 3.14. The monoisotopic (exact) mass is 402 g/mol. The van der Waals surface area contributed by atoms with Crippen molar-refractivity contribution in [2.75, 3.05) is 49.7 Å². The first kappa shape index (κ1) is 18.9. The summed E-state index contributed by atoms with van der Waals surface area (Å²) in [4.78, 5) is 32.9. The summed E-state index contributed by atoms with van der Waals surface area (Å²) in [5, 5.41) is 5.38. The van der Waals surface area contributed by atoms with Crippen LogP contribution in [0.2, 0.25) is 0 Å². The molecule has 4 rings (SSSR count). The zero-order chi connectivity index (χ0) is 19.3. The second-order valence-corrected chi connectivity index (χ2v) is 7.49. The van der Waals surface area contributed by atoms with E-state index in [1.807, 2.05) is 29.6 Å². The highest BCUT2D eigenvalue weighted by Crippen LogP contribution is 2.31. The maximum atomic E-state index is 12.3. The Hall–Kier alpha value is -2.49. The van der Waals surface area contributed by atoms with Gasteiger partial charge in [0.05, 0.1) is 24.6 Å². The Morgan fingerprint density at radius 2 is 2.07 bits per heavy atom. The molecule has 0 saturated carbocycles. The molecule has 0 radical (unpaired) electrons. The summed E-state index contributed by atoms with van der Waals surface area (Å²) in [5.41, 5.74) is 1.65. The van der Waals surface area contributed by atoms with Gasteiger partial charge >= 0.3 is 0 Å². The number of ether oxygens (including phenoxy) is 2. The lowest BCUT2D eigenvalue weighted by Crippen LogP contribution is -2.40. The van der Waals surface area contributed by atoms with Crippen LogP contribution < -0.4 is 15.0 Å². The number of hydrogen-bond acceptors (Lipinski definition) is 7. The van der Waals surface area contributed by atoms with Gasteiger partial charge in [0.25, 0.3) is 5.91 Å². The highest BCUT2D eigenvalue weighted by Gasteiger charge is 2.25. The van der Waals surface area contributed by atoms with E-state index in [2.05, 4.69) is 15.2 Å². The number of fused-ring (bicyclic) bond motifs is 1. The van der Waals surface area contributed by atoms with Crippen molar-refractivity contribution >= 4 is 34.0 Å². The number of carbonyl (C=O) groups is 2. The van der Waals surface area contributed by atoms with Crippen LogP contribution in [0.3, 0.4) is 0 Å². The van der Waals surface area contributed by atoms with Crippen molar-refractivity contribution in [2.24, 2.45) is 0 Å². The predicted octanol–water partition coefficient (Wildman–Crippen LogP) is 1.73. The minimum absolute atomic E-state index is 0.00396. The van der Waals surface area contributed by atoms with Crippen molar-refractivity contribution in [1.82, 2.24) is 9.88 Å². The number of rotatable bonds is 6. The van der Waals surface area contributed by atoms with Gasteiger partial charge < -0.3 is 19.7 Å². The Morgan fingerprint density at radius 3 is 2.93 bits per heavy atom. The zero-order valence-corrected chi connectivity index (χ0v) is 16.2. The minimum Gasteiger partial charge on any atom is -0.482 e. The Kier molecular flexibility index (Phi) is 5.84. The fraction of sp³-hybridized carbons (Fsp3) is 0.421. The third kappa shape index (κ3) is 4.49. The maximum absolute atomic E-state index is 12.3. The lowest BCUT2D eigenvalue weighted by molar-refractivity contribution is -0.121. The number of para-hydroxylation sites is 2. The number of nitrogens with one attached hydrogen (secondary N) is 1. The highest BCUT2D eigenvalue weighted by atomic mass is 32.1. The van der Waals surface area contributed by atoms with Crippen LogP contribution in [0.5, 0.6) is 5.75 Å². The van der Waals surface area contributed by atoms with Crippen LogP contribution in [0, 0.1) is 0 Å². The summed E-state index contributed by atoms with van der Waals surface area (Å²) < 4.78 is 10.8. The molecule has 0 unspecified atom stereocenters. The molecule has 0 aliphatic carbocycles. The molecule has 8 nitrogen and oxygen atoms in total. The largest absolute Gasteiger partial charge is 0.482 e. The molecule has 148 valence electrons. The van der Waals surface area contributed by atoms with Gasteiger partial charge in [-0.25, -0.2) is 4.98 Å². The maximum Gasteiger partial charge on any atom is 0.265 e. The van der Waals surface area contributed by atoms with Crippen LogP contribution >= 0.6 is 11.3 Å². The Labute approximate surface area is 167 Å². The fourth-order valence-electron chi connectivity index (χ4n) is 3.22. The van der Waals surface area contributed by atoms with Crippen LogP contribution in [0.25, 0.3) is 0 Å². The summed E-state index contributed by atoms with van der Waals surface area (Å²) in [7, 11) is 0. The van der Waals surface area contributed by atoms with E-state index in [9.17, 15) is 9.59 Å². The molecular formula is C19H22N4O4S. The van der Waals surface area contributed by atoms with Crippen molar-refractivity contribution in [3.05, 3.63) is 35.3 Å². The molecule has 2 aromatic rings. The standard InChI is InChI=1S/C19H22N4O4S/c24-17(5-6-23-15-3-1-2-4-16(15)27-12-18(23)25)21-19-20-14(13-28-19)11-22-7-9-26-10-8-22/h1-4,13H,5-12H2,(H,20,21,24). The molecule has 1 saturated heterocycles. The number of thiazole rings is 1. The second-order valence-electron chi connectivity index (χ2n) is 6.63. The van der Waals surface area contributed by atoms with Crippen molar-refractivity contribution in [2.45, 2.75) is 13.0 Å². The number of hydrogen-bond donors (Lipinski definition) is 1. The molecular weight excluding hydrogens is 380 g/mol. The van der Waals surface area contributed by atoms with Crippen LogP contribution in [0.4, 0.5) is 10.8 Å². The highest BCUT2D eigenvalue weighted by molar-refractivity contribution is 7.13. The van der Waals surface area contributed by atoms with E-state index in [1.54, 1.807) is 4.90 Å². The van der Waals surface area contributed by atoms with Crippen LogP contribution in [-0.2, 0) is 20.9 Å².